The second-order valence-electron chi connectivity index (χ2n) is 4.84. The lowest BCUT2D eigenvalue weighted by Gasteiger charge is -2.13. The normalized spacial score (nSPS) is 14.7. The van der Waals surface area contributed by atoms with Crippen LogP contribution < -0.4 is 10.1 Å². The van der Waals surface area contributed by atoms with Gasteiger partial charge in [-0.1, -0.05) is 6.92 Å². The zero-order chi connectivity index (χ0) is 14.7. The molecule has 0 atom stereocenters. The van der Waals surface area contributed by atoms with Crippen LogP contribution in [0.15, 0.2) is 29.5 Å². The van der Waals surface area contributed by atoms with E-state index in [0.717, 1.165) is 23.4 Å². The van der Waals surface area contributed by atoms with E-state index in [9.17, 15) is 9.59 Å². The number of carbonyl (C=O) groups is 2. The molecule has 0 spiro atoms. The van der Waals surface area contributed by atoms with Gasteiger partial charge in [0.1, 0.15) is 5.75 Å². The van der Waals surface area contributed by atoms with Crippen LogP contribution in [-0.2, 0) is 4.79 Å². The second kappa shape index (κ2) is 5.90. The summed E-state index contributed by atoms with van der Waals surface area (Å²) in [5.41, 5.74) is 3.14. The Bertz CT molecular complexity index is 587. The average molecular weight is 273 g/mol. The summed E-state index contributed by atoms with van der Waals surface area (Å²) in [7, 11) is 1.57. The second-order valence-corrected chi connectivity index (χ2v) is 4.84. The van der Waals surface area contributed by atoms with Gasteiger partial charge in [-0.05, 0) is 31.5 Å². The summed E-state index contributed by atoms with van der Waals surface area (Å²) in [5.74, 6) is 0.884. The third-order valence-electron chi connectivity index (χ3n) is 3.60. The highest BCUT2D eigenvalue weighted by molar-refractivity contribution is 5.99. The smallest absolute Gasteiger partial charge is 0.162 e. The molecule has 1 N–H and O–H groups in total. The SMILES string of the molecule is CCC(=O)c1ccc(NC2=C(C)C(=O)CC2)c(OC)c1. The number of ether oxygens (including phenoxy) is 1. The Balaban J connectivity index is 2.29. The minimum absolute atomic E-state index is 0.0845. The average Bonchev–Trinajstić information content (AvgIpc) is 2.78. The van der Waals surface area contributed by atoms with E-state index in [-0.39, 0.29) is 11.6 Å². The predicted octanol–water partition coefficient (Wildman–Crippen LogP) is 3.34. The number of carbonyl (C=O) groups excluding carboxylic acids is 2. The maximum Gasteiger partial charge on any atom is 0.162 e. The first-order valence-corrected chi connectivity index (χ1v) is 6.78. The summed E-state index contributed by atoms with van der Waals surface area (Å²) in [5, 5.41) is 3.25. The van der Waals surface area contributed by atoms with E-state index in [0.29, 0.717) is 24.2 Å². The molecule has 1 aromatic carbocycles. The molecule has 0 bridgehead atoms. The number of hydrogen-bond donors (Lipinski definition) is 1. The number of methoxy groups -OCH3 is 1. The Morgan fingerprint density at radius 3 is 2.65 bits per heavy atom. The summed E-state index contributed by atoms with van der Waals surface area (Å²) < 4.78 is 5.33. The standard InChI is InChI=1S/C16H19NO3/c1-4-14(18)11-5-6-13(16(9-11)20-3)17-12-7-8-15(19)10(12)2/h5-6,9,17H,4,7-8H2,1-3H3. The lowest BCUT2D eigenvalue weighted by molar-refractivity contribution is -0.114. The number of Topliss-reactive ketones (excluding diaryl/α,β-unsaturated/α-hetero) is 2. The van der Waals surface area contributed by atoms with Crippen LogP contribution in [0.1, 0.15) is 43.5 Å². The van der Waals surface area contributed by atoms with Crippen molar-refractivity contribution < 1.29 is 14.3 Å². The van der Waals surface area contributed by atoms with Crippen LogP contribution in [0.2, 0.25) is 0 Å². The minimum atomic E-state index is 0.0845. The molecule has 1 aliphatic rings. The van der Waals surface area contributed by atoms with Crippen LogP contribution in [0.25, 0.3) is 0 Å². The molecule has 2 rings (SSSR count). The summed E-state index contributed by atoms with van der Waals surface area (Å²) in [6.45, 7) is 3.67. The maximum atomic E-state index is 11.7. The van der Waals surface area contributed by atoms with E-state index >= 15 is 0 Å². The molecular formula is C16H19NO3. The van der Waals surface area contributed by atoms with Crippen molar-refractivity contribution in [1.82, 2.24) is 0 Å². The van der Waals surface area contributed by atoms with Crippen LogP contribution >= 0.6 is 0 Å². The van der Waals surface area contributed by atoms with E-state index in [1.54, 1.807) is 19.2 Å². The zero-order valence-corrected chi connectivity index (χ0v) is 12.1. The van der Waals surface area contributed by atoms with Crippen molar-refractivity contribution in [3.63, 3.8) is 0 Å². The number of anilines is 1. The van der Waals surface area contributed by atoms with Crippen molar-refractivity contribution in [3.8, 4) is 5.75 Å². The third kappa shape index (κ3) is 2.74. The Kier molecular flexibility index (Phi) is 4.23. The van der Waals surface area contributed by atoms with Gasteiger partial charge in [0.2, 0.25) is 0 Å². The molecule has 20 heavy (non-hydrogen) atoms. The van der Waals surface area contributed by atoms with E-state index < -0.39 is 0 Å². The predicted molar refractivity (Wildman–Crippen MR) is 78.2 cm³/mol. The highest BCUT2D eigenvalue weighted by Crippen LogP contribution is 2.31. The summed E-state index contributed by atoms with van der Waals surface area (Å²) in [6.07, 6.45) is 1.75. The fourth-order valence-electron chi connectivity index (χ4n) is 2.27. The van der Waals surface area contributed by atoms with Gasteiger partial charge in [0.15, 0.2) is 11.6 Å². The van der Waals surface area contributed by atoms with E-state index in [2.05, 4.69) is 5.32 Å². The Hall–Kier alpha value is -2.10. The van der Waals surface area contributed by atoms with Gasteiger partial charge in [-0.15, -0.1) is 0 Å². The molecule has 0 saturated carbocycles. The number of hydrogen-bond acceptors (Lipinski definition) is 4. The number of allylic oxidation sites excluding steroid dienone is 2. The molecule has 4 nitrogen and oxygen atoms in total. The molecule has 0 aromatic heterocycles. The van der Waals surface area contributed by atoms with Crippen LogP contribution in [-0.4, -0.2) is 18.7 Å². The van der Waals surface area contributed by atoms with Gasteiger partial charge in [-0.2, -0.15) is 0 Å². The van der Waals surface area contributed by atoms with Gasteiger partial charge in [-0.3, -0.25) is 9.59 Å². The molecule has 1 aliphatic carbocycles. The first kappa shape index (κ1) is 14.3. The van der Waals surface area contributed by atoms with Crippen molar-refractivity contribution in [2.45, 2.75) is 33.1 Å². The first-order chi connectivity index (χ1) is 9.56. The summed E-state index contributed by atoms with van der Waals surface area (Å²) >= 11 is 0. The van der Waals surface area contributed by atoms with Crippen molar-refractivity contribution in [2.75, 3.05) is 12.4 Å². The maximum absolute atomic E-state index is 11.7. The van der Waals surface area contributed by atoms with Gasteiger partial charge in [-0.25, -0.2) is 0 Å². The first-order valence-electron chi connectivity index (χ1n) is 6.78. The highest BCUT2D eigenvalue weighted by Gasteiger charge is 2.20. The van der Waals surface area contributed by atoms with Crippen molar-refractivity contribution in [2.24, 2.45) is 0 Å². The van der Waals surface area contributed by atoms with Gasteiger partial charge in [0, 0.05) is 29.7 Å². The zero-order valence-electron chi connectivity index (χ0n) is 12.1. The molecule has 0 saturated heterocycles. The molecule has 0 fully saturated rings. The monoisotopic (exact) mass is 273 g/mol. The van der Waals surface area contributed by atoms with E-state index in [4.69, 9.17) is 4.74 Å². The van der Waals surface area contributed by atoms with Crippen molar-refractivity contribution >= 4 is 17.3 Å². The van der Waals surface area contributed by atoms with Crippen molar-refractivity contribution in [3.05, 3.63) is 35.0 Å². The lowest BCUT2D eigenvalue weighted by Crippen LogP contribution is -2.03. The topological polar surface area (TPSA) is 55.4 Å². The number of nitrogens with one attached hydrogen (secondary N) is 1. The van der Waals surface area contributed by atoms with Gasteiger partial charge in [0.05, 0.1) is 12.8 Å². The molecule has 4 heteroatoms. The van der Waals surface area contributed by atoms with Crippen LogP contribution in [0.3, 0.4) is 0 Å². The van der Waals surface area contributed by atoms with E-state index in [1.807, 2.05) is 19.9 Å². The molecule has 0 heterocycles. The molecule has 0 radical (unpaired) electrons. The van der Waals surface area contributed by atoms with Gasteiger partial charge in [0.25, 0.3) is 0 Å². The fraction of sp³-hybridized carbons (Fsp3) is 0.375. The van der Waals surface area contributed by atoms with Crippen LogP contribution in [0.4, 0.5) is 5.69 Å². The number of ketones is 2. The quantitative estimate of drug-likeness (QED) is 0.836. The number of rotatable bonds is 5. The number of benzene rings is 1. The minimum Gasteiger partial charge on any atom is -0.495 e. The molecule has 0 aliphatic heterocycles. The Labute approximate surface area is 118 Å². The lowest BCUT2D eigenvalue weighted by atomic mass is 10.1. The Morgan fingerprint density at radius 2 is 2.10 bits per heavy atom. The van der Waals surface area contributed by atoms with Gasteiger partial charge < -0.3 is 10.1 Å². The summed E-state index contributed by atoms with van der Waals surface area (Å²) in [4.78, 5) is 23.2. The van der Waals surface area contributed by atoms with Crippen LogP contribution in [0, 0.1) is 0 Å². The molecule has 1 aromatic rings. The Morgan fingerprint density at radius 1 is 1.35 bits per heavy atom. The fourth-order valence-corrected chi connectivity index (χ4v) is 2.27. The van der Waals surface area contributed by atoms with Gasteiger partial charge >= 0.3 is 0 Å². The highest BCUT2D eigenvalue weighted by atomic mass is 16.5. The summed E-state index contributed by atoms with van der Waals surface area (Å²) in [6, 6.07) is 5.34. The van der Waals surface area contributed by atoms with Crippen LogP contribution in [0.5, 0.6) is 5.75 Å². The molecular weight excluding hydrogens is 254 g/mol. The van der Waals surface area contributed by atoms with E-state index in [1.165, 1.54) is 0 Å². The molecule has 0 amide bonds. The molecule has 106 valence electrons. The van der Waals surface area contributed by atoms with Crippen molar-refractivity contribution in [1.29, 1.82) is 0 Å². The third-order valence-corrected chi connectivity index (χ3v) is 3.60. The molecule has 0 unspecified atom stereocenters. The largest absolute Gasteiger partial charge is 0.495 e.